The number of β-amino-alcohol motifs (C(OH)–C–C–N with tert-alkyl or cyclic N) is 1. The average Bonchev–Trinajstić information content (AvgIpc) is 2.87. The number of ketones is 1. The van der Waals surface area contributed by atoms with E-state index in [2.05, 4.69) is 10.6 Å². The Morgan fingerprint density at radius 1 is 1.38 bits per heavy atom. The zero-order valence-corrected chi connectivity index (χ0v) is 11.9. The van der Waals surface area contributed by atoms with Gasteiger partial charge in [-0.25, -0.2) is 0 Å². The van der Waals surface area contributed by atoms with Crippen molar-refractivity contribution in [2.75, 3.05) is 19.6 Å². The molecule has 0 aromatic heterocycles. The molecule has 0 radical (unpaired) electrons. The highest BCUT2D eigenvalue weighted by molar-refractivity contribution is 6.05. The van der Waals surface area contributed by atoms with Gasteiger partial charge in [0, 0.05) is 30.6 Å². The zero-order valence-electron chi connectivity index (χ0n) is 11.9. The van der Waals surface area contributed by atoms with Crippen molar-refractivity contribution in [3.8, 4) is 0 Å². The Morgan fingerprint density at radius 2 is 2.24 bits per heavy atom. The van der Waals surface area contributed by atoms with Crippen molar-refractivity contribution < 1.29 is 14.7 Å². The third-order valence-corrected chi connectivity index (χ3v) is 4.35. The van der Waals surface area contributed by atoms with Crippen LogP contribution in [0.4, 0.5) is 0 Å². The molecule has 1 heterocycles. The summed E-state index contributed by atoms with van der Waals surface area (Å²) >= 11 is 0. The molecule has 1 aromatic rings. The third-order valence-electron chi connectivity index (χ3n) is 4.35. The number of benzene rings is 1. The van der Waals surface area contributed by atoms with Crippen molar-refractivity contribution in [2.45, 2.75) is 31.3 Å². The first kappa shape index (κ1) is 14.2. The molecular formula is C16H20N2O3. The maximum absolute atomic E-state index is 12.3. The van der Waals surface area contributed by atoms with Gasteiger partial charge in [-0.15, -0.1) is 0 Å². The number of piperidine rings is 1. The van der Waals surface area contributed by atoms with Gasteiger partial charge in [0.05, 0.1) is 5.60 Å². The lowest BCUT2D eigenvalue weighted by Crippen LogP contribution is -2.52. The molecule has 112 valence electrons. The van der Waals surface area contributed by atoms with Crippen LogP contribution in [0.5, 0.6) is 0 Å². The van der Waals surface area contributed by atoms with Crippen molar-refractivity contribution in [1.29, 1.82) is 0 Å². The minimum atomic E-state index is -0.873. The highest BCUT2D eigenvalue weighted by Crippen LogP contribution is 2.25. The first-order chi connectivity index (χ1) is 10.1. The molecule has 5 heteroatoms. The Bertz CT molecular complexity index is 577. The fourth-order valence-electron chi connectivity index (χ4n) is 3.15. The van der Waals surface area contributed by atoms with Crippen LogP contribution in [0, 0.1) is 0 Å². The first-order valence-electron chi connectivity index (χ1n) is 7.45. The van der Waals surface area contributed by atoms with Gasteiger partial charge in [-0.3, -0.25) is 9.59 Å². The van der Waals surface area contributed by atoms with Crippen molar-refractivity contribution in [1.82, 2.24) is 10.6 Å². The van der Waals surface area contributed by atoms with E-state index in [1.807, 2.05) is 0 Å². The molecule has 1 amide bonds. The smallest absolute Gasteiger partial charge is 0.251 e. The summed E-state index contributed by atoms with van der Waals surface area (Å²) in [7, 11) is 0. The lowest BCUT2D eigenvalue weighted by atomic mass is 9.94. The van der Waals surface area contributed by atoms with E-state index in [0.29, 0.717) is 36.9 Å². The summed E-state index contributed by atoms with van der Waals surface area (Å²) in [6.45, 7) is 1.64. The fraction of sp³-hybridized carbons (Fsp3) is 0.500. The largest absolute Gasteiger partial charge is 0.387 e. The predicted molar refractivity (Wildman–Crippen MR) is 78.5 cm³/mol. The molecular weight excluding hydrogens is 268 g/mol. The second kappa shape index (κ2) is 5.58. The second-order valence-electron chi connectivity index (χ2n) is 5.94. The third kappa shape index (κ3) is 2.84. The Balaban J connectivity index is 1.70. The van der Waals surface area contributed by atoms with E-state index >= 15 is 0 Å². The molecule has 3 rings (SSSR count). The van der Waals surface area contributed by atoms with Crippen LogP contribution in [0.2, 0.25) is 0 Å². The molecule has 0 spiro atoms. The minimum Gasteiger partial charge on any atom is -0.387 e. The van der Waals surface area contributed by atoms with Crippen LogP contribution in [0.3, 0.4) is 0 Å². The summed E-state index contributed by atoms with van der Waals surface area (Å²) in [5, 5.41) is 16.3. The van der Waals surface area contributed by atoms with Gasteiger partial charge >= 0.3 is 0 Å². The molecule has 0 saturated carbocycles. The monoisotopic (exact) mass is 288 g/mol. The summed E-state index contributed by atoms with van der Waals surface area (Å²) < 4.78 is 0. The highest BCUT2D eigenvalue weighted by Gasteiger charge is 2.30. The minimum absolute atomic E-state index is 0.106. The highest BCUT2D eigenvalue weighted by atomic mass is 16.3. The maximum Gasteiger partial charge on any atom is 0.251 e. The topological polar surface area (TPSA) is 78.4 Å². The number of rotatable bonds is 3. The molecule has 1 fully saturated rings. The quantitative estimate of drug-likeness (QED) is 0.763. The Kier molecular flexibility index (Phi) is 3.78. The van der Waals surface area contributed by atoms with E-state index in [0.717, 1.165) is 18.5 Å². The van der Waals surface area contributed by atoms with Gasteiger partial charge in [0.2, 0.25) is 0 Å². The molecule has 1 aliphatic heterocycles. The first-order valence-corrected chi connectivity index (χ1v) is 7.45. The molecule has 21 heavy (non-hydrogen) atoms. The van der Waals surface area contributed by atoms with Crippen molar-refractivity contribution in [2.24, 2.45) is 0 Å². The number of aliphatic hydroxyl groups is 1. The molecule has 0 unspecified atom stereocenters. The van der Waals surface area contributed by atoms with Crippen LogP contribution < -0.4 is 10.6 Å². The summed E-state index contributed by atoms with van der Waals surface area (Å²) in [6.07, 6.45) is 2.70. The molecule has 1 aliphatic carbocycles. The number of fused-ring (bicyclic) bond motifs is 1. The number of hydrogen-bond donors (Lipinski definition) is 3. The summed E-state index contributed by atoms with van der Waals surface area (Å²) in [4.78, 5) is 24.1. The van der Waals surface area contributed by atoms with Crippen molar-refractivity contribution in [3.05, 3.63) is 34.9 Å². The standard InChI is InChI=1S/C16H20N2O3/c19-14-6-5-11-12(14)3-1-4-13(11)15(20)18-10-16(21)7-2-8-17-9-16/h1,3-4,17,21H,2,5-10H2,(H,18,20)/t16-/m1/s1. The van der Waals surface area contributed by atoms with Gasteiger partial charge in [-0.2, -0.15) is 0 Å². The number of Topliss-reactive ketones (excluding diaryl/α,β-unsaturated/α-hetero) is 1. The maximum atomic E-state index is 12.3. The second-order valence-corrected chi connectivity index (χ2v) is 5.94. The lowest BCUT2D eigenvalue weighted by molar-refractivity contribution is 0.0170. The van der Waals surface area contributed by atoms with E-state index < -0.39 is 5.60 Å². The summed E-state index contributed by atoms with van der Waals surface area (Å²) in [6, 6.07) is 5.27. The molecule has 1 saturated heterocycles. The van der Waals surface area contributed by atoms with Crippen LogP contribution in [0.15, 0.2) is 18.2 Å². The Hall–Kier alpha value is -1.72. The Labute approximate surface area is 123 Å². The van der Waals surface area contributed by atoms with E-state index in [9.17, 15) is 14.7 Å². The van der Waals surface area contributed by atoms with Crippen LogP contribution in [0.1, 0.15) is 45.5 Å². The van der Waals surface area contributed by atoms with Crippen molar-refractivity contribution >= 4 is 11.7 Å². The van der Waals surface area contributed by atoms with Gasteiger partial charge in [0.1, 0.15) is 0 Å². The zero-order chi connectivity index (χ0) is 14.9. The number of hydrogen-bond acceptors (Lipinski definition) is 4. The molecule has 0 bridgehead atoms. The van der Waals surface area contributed by atoms with E-state index in [1.54, 1.807) is 18.2 Å². The fourth-order valence-corrected chi connectivity index (χ4v) is 3.15. The van der Waals surface area contributed by atoms with Gasteiger partial charge < -0.3 is 15.7 Å². The van der Waals surface area contributed by atoms with E-state index in [1.165, 1.54) is 0 Å². The van der Waals surface area contributed by atoms with Gasteiger partial charge in [0.15, 0.2) is 5.78 Å². The van der Waals surface area contributed by atoms with Crippen LogP contribution >= 0.6 is 0 Å². The van der Waals surface area contributed by atoms with Crippen LogP contribution in [-0.2, 0) is 6.42 Å². The van der Waals surface area contributed by atoms with E-state index in [4.69, 9.17) is 0 Å². The van der Waals surface area contributed by atoms with Crippen LogP contribution in [-0.4, -0.2) is 42.0 Å². The average molecular weight is 288 g/mol. The van der Waals surface area contributed by atoms with Crippen molar-refractivity contribution in [3.63, 3.8) is 0 Å². The van der Waals surface area contributed by atoms with Gasteiger partial charge in [0.25, 0.3) is 5.91 Å². The number of amides is 1. The lowest BCUT2D eigenvalue weighted by Gasteiger charge is -2.32. The summed E-state index contributed by atoms with van der Waals surface area (Å²) in [5.74, 6) is -0.102. The molecule has 1 atom stereocenters. The summed E-state index contributed by atoms with van der Waals surface area (Å²) in [5.41, 5.74) is 1.20. The normalized spacial score (nSPS) is 24.7. The predicted octanol–water partition coefficient (Wildman–Crippen LogP) is 0.660. The molecule has 3 N–H and O–H groups in total. The molecule has 2 aliphatic rings. The van der Waals surface area contributed by atoms with E-state index in [-0.39, 0.29) is 18.2 Å². The SMILES string of the molecule is O=C1CCc2c1cccc2C(=O)NC[C@@]1(O)CCCNC1. The number of nitrogens with one attached hydrogen (secondary N) is 2. The number of carbonyl (C=O) groups excluding carboxylic acids is 2. The van der Waals surface area contributed by atoms with Gasteiger partial charge in [-0.1, -0.05) is 12.1 Å². The van der Waals surface area contributed by atoms with Crippen LogP contribution in [0.25, 0.3) is 0 Å². The molecule has 1 aromatic carbocycles. The molecule has 5 nitrogen and oxygen atoms in total. The number of carbonyl (C=O) groups is 2. The van der Waals surface area contributed by atoms with Gasteiger partial charge in [-0.05, 0) is 37.4 Å². The Morgan fingerprint density at radius 3 is 3.00 bits per heavy atom.